The molecule has 2 N–H and O–H groups in total. The Morgan fingerprint density at radius 3 is 2.61 bits per heavy atom. The van der Waals surface area contributed by atoms with Gasteiger partial charge in [-0.1, -0.05) is 23.8 Å². The SMILES string of the molecule is Cc1ccc2c(c1)C(=O)N(CCCC(N)=S)C2=O. The molecule has 0 aromatic heterocycles. The first-order chi connectivity index (χ1) is 8.50. The molecule has 0 saturated heterocycles. The van der Waals surface area contributed by atoms with Crippen molar-refractivity contribution in [3.63, 3.8) is 0 Å². The van der Waals surface area contributed by atoms with Crippen molar-refractivity contribution in [2.75, 3.05) is 6.54 Å². The molecule has 0 fully saturated rings. The number of amides is 2. The van der Waals surface area contributed by atoms with Gasteiger partial charge in [0.25, 0.3) is 11.8 Å². The molecule has 2 amide bonds. The lowest BCUT2D eigenvalue weighted by molar-refractivity contribution is 0.0653. The Bertz CT molecular complexity index is 540. The second-order valence-corrected chi connectivity index (χ2v) is 4.91. The van der Waals surface area contributed by atoms with E-state index in [9.17, 15) is 9.59 Å². The van der Waals surface area contributed by atoms with Crippen LogP contribution in [0.25, 0.3) is 0 Å². The summed E-state index contributed by atoms with van der Waals surface area (Å²) in [7, 11) is 0. The van der Waals surface area contributed by atoms with Gasteiger partial charge in [-0.05, 0) is 31.9 Å². The lowest BCUT2D eigenvalue weighted by atomic mass is 10.1. The van der Waals surface area contributed by atoms with Crippen molar-refractivity contribution in [1.29, 1.82) is 0 Å². The summed E-state index contributed by atoms with van der Waals surface area (Å²) in [6, 6.07) is 5.30. The van der Waals surface area contributed by atoms with Gasteiger partial charge in [0.2, 0.25) is 0 Å². The molecular weight excluding hydrogens is 248 g/mol. The van der Waals surface area contributed by atoms with Crippen LogP contribution in [0.1, 0.15) is 39.1 Å². The Labute approximate surface area is 111 Å². The second-order valence-electron chi connectivity index (χ2n) is 4.38. The van der Waals surface area contributed by atoms with E-state index in [0.29, 0.717) is 35.5 Å². The Hall–Kier alpha value is -1.75. The van der Waals surface area contributed by atoms with Gasteiger partial charge in [-0.2, -0.15) is 0 Å². The maximum absolute atomic E-state index is 12.1. The van der Waals surface area contributed by atoms with E-state index in [4.69, 9.17) is 18.0 Å². The summed E-state index contributed by atoms with van der Waals surface area (Å²) in [6.07, 6.45) is 1.15. The highest BCUT2D eigenvalue weighted by molar-refractivity contribution is 7.80. The lowest BCUT2D eigenvalue weighted by Gasteiger charge is -2.12. The number of fused-ring (bicyclic) bond motifs is 1. The number of thiocarbonyl (C=S) groups is 1. The Kier molecular flexibility index (Phi) is 3.43. The number of rotatable bonds is 4. The van der Waals surface area contributed by atoms with Crippen molar-refractivity contribution in [2.24, 2.45) is 5.73 Å². The third-order valence-corrected chi connectivity index (χ3v) is 3.14. The van der Waals surface area contributed by atoms with Crippen LogP contribution in [0.2, 0.25) is 0 Å². The van der Waals surface area contributed by atoms with Crippen molar-refractivity contribution >= 4 is 29.0 Å². The molecule has 0 radical (unpaired) electrons. The Morgan fingerprint density at radius 2 is 1.94 bits per heavy atom. The molecule has 1 aromatic rings. The summed E-state index contributed by atoms with van der Waals surface area (Å²) >= 11 is 4.77. The quantitative estimate of drug-likeness (QED) is 0.662. The van der Waals surface area contributed by atoms with Crippen LogP contribution in [-0.4, -0.2) is 28.2 Å². The number of carbonyl (C=O) groups excluding carboxylic acids is 2. The van der Waals surface area contributed by atoms with Crippen LogP contribution in [0.5, 0.6) is 0 Å². The van der Waals surface area contributed by atoms with Gasteiger partial charge in [0, 0.05) is 6.54 Å². The molecule has 0 unspecified atom stereocenters. The smallest absolute Gasteiger partial charge is 0.261 e. The van der Waals surface area contributed by atoms with Crippen LogP contribution in [0.3, 0.4) is 0 Å². The standard InChI is InChI=1S/C13H14N2O2S/c1-8-4-5-9-10(7-8)13(17)15(12(9)16)6-2-3-11(14)18/h4-5,7H,2-3,6H2,1H3,(H2,14,18). The van der Waals surface area contributed by atoms with Crippen molar-refractivity contribution in [2.45, 2.75) is 19.8 Å². The van der Waals surface area contributed by atoms with Crippen molar-refractivity contribution in [3.8, 4) is 0 Å². The number of carbonyl (C=O) groups is 2. The van der Waals surface area contributed by atoms with E-state index in [1.807, 2.05) is 13.0 Å². The van der Waals surface area contributed by atoms with Gasteiger partial charge in [-0.15, -0.1) is 0 Å². The van der Waals surface area contributed by atoms with E-state index < -0.39 is 0 Å². The van der Waals surface area contributed by atoms with E-state index in [2.05, 4.69) is 0 Å². The van der Waals surface area contributed by atoms with Gasteiger partial charge in [-0.25, -0.2) is 0 Å². The van der Waals surface area contributed by atoms with Gasteiger partial charge in [0.05, 0.1) is 16.1 Å². The predicted molar refractivity (Wildman–Crippen MR) is 72.6 cm³/mol. The summed E-state index contributed by atoms with van der Waals surface area (Å²) < 4.78 is 0. The van der Waals surface area contributed by atoms with Crippen LogP contribution in [0.4, 0.5) is 0 Å². The molecule has 94 valence electrons. The summed E-state index contributed by atoms with van der Waals surface area (Å²) in [5.41, 5.74) is 7.35. The zero-order valence-electron chi connectivity index (χ0n) is 10.1. The van der Waals surface area contributed by atoms with Crippen LogP contribution in [0, 0.1) is 6.92 Å². The molecule has 5 heteroatoms. The van der Waals surface area contributed by atoms with Gasteiger partial charge < -0.3 is 5.73 Å². The minimum atomic E-state index is -0.224. The summed E-state index contributed by atoms with van der Waals surface area (Å²) in [6.45, 7) is 2.26. The second kappa shape index (κ2) is 4.86. The molecular formula is C13H14N2O2S. The minimum Gasteiger partial charge on any atom is -0.393 e. The average Bonchev–Trinajstić information content (AvgIpc) is 2.53. The van der Waals surface area contributed by atoms with E-state index >= 15 is 0 Å². The molecule has 1 heterocycles. The van der Waals surface area contributed by atoms with E-state index in [1.54, 1.807) is 12.1 Å². The van der Waals surface area contributed by atoms with Crippen LogP contribution in [0.15, 0.2) is 18.2 Å². The van der Waals surface area contributed by atoms with Crippen LogP contribution in [-0.2, 0) is 0 Å². The third kappa shape index (κ3) is 2.26. The fraction of sp³-hybridized carbons (Fsp3) is 0.308. The average molecular weight is 262 g/mol. The zero-order valence-corrected chi connectivity index (χ0v) is 10.9. The first kappa shape index (κ1) is 12.7. The molecule has 1 aliphatic heterocycles. The predicted octanol–water partition coefficient (Wildman–Crippen LogP) is 1.66. The van der Waals surface area contributed by atoms with Crippen molar-refractivity contribution < 1.29 is 9.59 Å². The normalized spacial score (nSPS) is 13.9. The van der Waals surface area contributed by atoms with Crippen molar-refractivity contribution in [1.82, 2.24) is 4.90 Å². The summed E-state index contributed by atoms with van der Waals surface area (Å²) in [4.78, 5) is 25.8. The van der Waals surface area contributed by atoms with Gasteiger partial charge in [-0.3, -0.25) is 14.5 Å². The molecule has 0 aliphatic carbocycles. The molecule has 1 aliphatic rings. The highest BCUT2D eigenvalue weighted by Gasteiger charge is 2.34. The fourth-order valence-electron chi connectivity index (χ4n) is 2.02. The van der Waals surface area contributed by atoms with E-state index in [1.165, 1.54) is 4.90 Å². The van der Waals surface area contributed by atoms with Gasteiger partial charge in [0.1, 0.15) is 0 Å². The summed E-state index contributed by atoms with van der Waals surface area (Å²) in [5, 5.41) is 0. The van der Waals surface area contributed by atoms with Crippen LogP contribution < -0.4 is 5.73 Å². The number of benzene rings is 1. The number of nitrogens with two attached hydrogens (primary N) is 1. The topological polar surface area (TPSA) is 63.4 Å². The highest BCUT2D eigenvalue weighted by atomic mass is 32.1. The molecule has 1 aromatic carbocycles. The number of hydrogen-bond acceptors (Lipinski definition) is 3. The Morgan fingerprint density at radius 1 is 1.28 bits per heavy atom. The molecule has 2 rings (SSSR count). The first-order valence-corrected chi connectivity index (χ1v) is 6.16. The zero-order chi connectivity index (χ0) is 13.3. The number of hydrogen-bond donors (Lipinski definition) is 1. The van der Waals surface area contributed by atoms with Crippen LogP contribution >= 0.6 is 12.2 Å². The molecule has 4 nitrogen and oxygen atoms in total. The maximum atomic E-state index is 12.1. The molecule has 0 bridgehead atoms. The highest BCUT2D eigenvalue weighted by Crippen LogP contribution is 2.24. The number of nitrogens with zero attached hydrogens (tertiary/aromatic N) is 1. The maximum Gasteiger partial charge on any atom is 0.261 e. The largest absolute Gasteiger partial charge is 0.393 e. The number of imide groups is 1. The minimum absolute atomic E-state index is 0.221. The van der Waals surface area contributed by atoms with E-state index in [0.717, 1.165) is 5.56 Å². The summed E-state index contributed by atoms with van der Waals surface area (Å²) in [5.74, 6) is -0.445. The Balaban J connectivity index is 2.15. The van der Waals surface area contributed by atoms with E-state index in [-0.39, 0.29) is 11.8 Å². The molecule has 18 heavy (non-hydrogen) atoms. The fourth-order valence-corrected chi connectivity index (χ4v) is 2.16. The monoisotopic (exact) mass is 262 g/mol. The third-order valence-electron chi connectivity index (χ3n) is 2.93. The lowest BCUT2D eigenvalue weighted by Crippen LogP contribution is -2.31. The first-order valence-electron chi connectivity index (χ1n) is 5.76. The van der Waals surface area contributed by atoms with Crippen molar-refractivity contribution in [3.05, 3.63) is 34.9 Å². The molecule has 0 spiro atoms. The molecule has 0 saturated carbocycles. The van der Waals surface area contributed by atoms with Gasteiger partial charge >= 0.3 is 0 Å². The molecule has 0 atom stereocenters. The number of aryl methyl sites for hydroxylation is 1. The van der Waals surface area contributed by atoms with Gasteiger partial charge in [0.15, 0.2) is 0 Å².